The van der Waals surface area contributed by atoms with Gasteiger partial charge in [0.1, 0.15) is 0 Å². The van der Waals surface area contributed by atoms with Crippen molar-refractivity contribution in [1.82, 2.24) is 9.62 Å². The van der Waals surface area contributed by atoms with E-state index in [-0.39, 0.29) is 24.2 Å². The summed E-state index contributed by atoms with van der Waals surface area (Å²) in [6.07, 6.45) is 0. The van der Waals surface area contributed by atoms with Gasteiger partial charge in [-0.1, -0.05) is 0 Å². The van der Waals surface area contributed by atoms with E-state index >= 15 is 0 Å². The van der Waals surface area contributed by atoms with Crippen molar-refractivity contribution < 1.29 is 8.42 Å². The van der Waals surface area contributed by atoms with E-state index < -0.39 is 10.0 Å². The van der Waals surface area contributed by atoms with Crippen molar-refractivity contribution in [1.29, 1.82) is 0 Å². The molecule has 0 saturated carbocycles. The molecule has 0 unspecified atom stereocenters. The number of likely N-dealkylation sites (N-methyl/N-ethyl adjacent to an activating group) is 1. The molecular formula is C6H15ClN2O2S. The van der Waals surface area contributed by atoms with E-state index in [1.807, 2.05) is 6.92 Å². The molecule has 0 amide bonds. The van der Waals surface area contributed by atoms with Gasteiger partial charge in [0.05, 0.1) is 5.75 Å². The van der Waals surface area contributed by atoms with Crippen molar-refractivity contribution in [3.63, 3.8) is 0 Å². The fourth-order valence-electron chi connectivity index (χ4n) is 1.15. The Bertz CT molecular complexity index is 230. The van der Waals surface area contributed by atoms with E-state index in [0.29, 0.717) is 13.1 Å². The minimum absolute atomic E-state index is 0. The fraction of sp³-hybridized carbons (Fsp3) is 1.00. The lowest BCUT2D eigenvalue weighted by Crippen LogP contribution is -2.34. The highest BCUT2D eigenvalue weighted by Crippen LogP contribution is 2.02. The molecule has 0 aromatic carbocycles. The summed E-state index contributed by atoms with van der Waals surface area (Å²) in [5, 5.41) is 3.11. The number of nitrogens with one attached hydrogen (secondary N) is 1. The highest BCUT2D eigenvalue weighted by atomic mass is 35.5. The van der Waals surface area contributed by atoms with Crippen LogP contribution in [0, 0.1) is 0 Å². The van der Waals surface area contributed by atoms with Crippen LogP contribution in [0.25, 0.3) is 0 Å². The third-order valence-corrected chi connectivity index (χ3v) is 3.68. The zero-order valence-electron chi connectivity index (χ0n) is 7.28. The Hall–Kier alpha value is 0.160. The molecule has 1 heterocycles. The zero-order chi connectivity index (χ0) is 8.48. The first kappa shape index (κ1) is 12.2. The molecule has 12 heavy (non-hydrogen) atoms. The lowest BCUT2D eigenvalue weighted by Gasteiger charge is -2.15. The lowest BCUT2D eigenvalue weighted by atomic mass is 10.3. The van der Waals surface area contributed by atoms with Gasteiger partial charge >= 0.3 is 0 Å². The second-order valence-corrected chi connectivity index (χ2v) is 5.15. The quantitative estimate of drug-likeness (QED) is 0.601. The lowest BCUT2D eigenvalue weighted by molar-refractivity contribution is 0.433. The topological polar surface area (TPSA) is 49.4 Å². The van der Waals surface area contributed by atoms with E-state index in [1.165, 1.54) is 4.31 Å². The predicted molar refractivity (Wildman–Crippen MR) is 51.1 cm³/mol. The maximum atomic E-state index is 11.2. The van der Waals surface area contributed by atoms with Gasteiger partial charge in [-0.15, -0.1) is 12.4 Å². The van der Waals surface area contributed by atoms with Crippen molar-refractivity contribution in [2.24, 2.45) is 0 Å². The molecular weight excluding hydrogens is 200 g/mol. The Balaban J connectivity index is 0.00000121. The molecule has 1 atom stereocenters. The molecule has 74 valence electrons. The van der Waals surface area contributed by atoms with E-state index in [1.54, 1.807) is 7.05 Å². The molecule has 1 N–H and O–H groups in total. The van der Waals surface area contributed by atoms with Crippen molar-refractivity contribution in [2.45, 2.75) is 13.0 Å². The highest BCUT2D eigenvalue weighted by Gasteiger charge is 2.22. The molecule has 1 fully saturated rings. The maximum absolute atomic E-state index is 11.2. The maximum Gasteiger partial charge on any atom is 0.215 e. The van der Waals surface area contributed by atoms with Crippen LogP contribution in [0.1, 0.15) is 6.92 Å². The Labute approximate surface area is 79.8 Å². The average molecular weight is 215 g/mol. The van der Waals surface area contributed by atoms with Gasteiger partial charge in [-0.05, 0) is 6.92 Å². The van der Waals surface area contributed by atoms with E-state index in [2.05, 4.69) is 5.32 Å². The van der Waals surface area contributed by atoms with Crippen LogP contribution in [-0.4, -0.2) is 44.7 Å². The van der Waals surface area contributed by atoms with Crippen LogP contribution < -0.4 is 5.32 Å². The van der Waals surface area contributed by atoms with Crippen molar-refractivity contribution >= 4 is 22.4 Å². The molecule has 0 aliphatic carbocycles. The van der Waals surface area contributed by atoms with Crippen LogP contribution in [0.2, 0.25) is 0 Å². The van der Waals surface area contributed by atoms with Gasteiger partial charge in [-0.25, -0.2) is 12.7 Å². The molecule has 0 bridgehead atoms. The average Bonchev–Trinajstić information content (AvgIpc) is 1.94. The van der Waals surface area contributed by atoms with Gasteiger partial charge in [-0.2, -0.15) is 0 Å². The molecule has 1 rings (SSSR count). The van der Waals surface area contributed by atoms with Gasteiger partial charge in [-0.3, -0.25) is 0 Å². The van der Waals surface area contributed by atoms with Crippen molar-refractivity contribution in [3.8, 4) is 0 Å². The number of hydrogen-bond acceptors (Lipinski definition) is 3. The Morgan fingerprint density at radius 3 is 2.67 bits per heavy atom. The third-order valence-electron chi connectivity index (χ3n) is 1.86. The Kier molecular flexibility index (Phi) is 4.47. The SMILES string of the molecule is C[C@@H]1CN(C)S(=O)(=O)CCN1.Cl. The normalized spacial score (nSPS) is 30.3. The Morgan fingerprint density at radius 2 is 2.08 bits per heavy atom. The predicted octanol–water partition coefficient (Wildman–Crippen LogP) is -0.338. The molecule has 1 aliphatic rings. The molecule has 1 saturated heterocycles. The summed E-state index contributed by atoms with van der Waals surface area (Å²) in [7, 11) is -1.34. The highest BCUT2D eigenvalue weighted by molar-refractivity contribution is 7.89. The molecule has 0 aromatic rings. The summed E-state index contributed by atoms with van der Waals surface area (Å²) >= 11 is 0. The van der Waals surface area contributed by atoms with E-state index in [4.69, 9.17) is 0 Å². The number of nitrogens with zero attached hydrogens (tertiary/aromatic N) is 1. The van der Waals surface area contributed by atoms with Crippen LogP contribution in [0.5, 0.6) is 0 Å². The van der Waals surface area contributed by atoms with Crippen LogP contribution in [-0.2, 0) is 10.0 Å². The second-order valence-electron chi connectivity index (χ2n) is 2.95. The van der Waals surface area contributed by atoms with Crippen LogP contribution in [0.4, 0.5) is 0 Å². The number of hydrogen-bond donors (Lipinski definition) is 1. The Morgan fingerprint density at radius 1 is 1.50 bits per heavy atom. The zero-order valence-corrected chi connectivity index (χ0v) is 8.91. The first-order valence-corrected chi connectivity index (χ1v) is 5.31. The minimum Gasteiger partial charge on any atom is -0.312 e. The van der Waals surface area contributed by atoms with Gasteiger partial charge in [0.25, 0.3) is 0 Å². The number of sulfonamides is 1. The third kappa shape index (κ3) is 2.90. The van der Waals surface area contributed by atoms with Crippen LogP contribution in [0.3, 0.4) is 0 Å². The molecule has 0 radical (unpaired) electrons. The first-order chi connectivity index (χ1) is 5.02. The molecule has 1 aliphatic heterocycles. The summed E-state index contributed by atoms with van der Waals surface area (Å²) in [5.74, 6) is 0.216. The summed E-state index contributed by atoms with van der Waals surface area (Å²) < 4.78 is 23.9. The van der Waals surface area contributed by atoms with Crippen molar-refractivity contribution in [3.05, 3.63) is 0 Å². The summed E-state index contributed by atoms with van der Waals surface area (Å²) in [4.78, 5) is 0. The van der Waals surface area contributed by atoms with Gasteiger partial charge in [0, 0.05) is 26.2 Å². The smallest absolute Gasteiger partial charge is 0.215 e. The summed E-state index contributed by atoms with van der Waals surface area (Å²) in [5.41, 5.74) is 0. The van der Waals surface area contributed by atoms with E-state index in [0.717, 1.165) is 0 Å². The fourth-order valence-corrected chi connectivity index (χ4v) is 2.29. The van der Waals surface area contributed by atoms with Gasteiger partial charge < -0.3 is 5.32 Å². The summed E-state index contributed by atoms with van der Waals surface area (Å²) in [6, 6.07) is 0.261. The molecule has 0 spiro atoms. The minimum atomic E-state index is -2.96. The van der Waals surface area contributed by atoms with Crippen molar-refractivity contribution in [2.75, 3.05) is 25.9 Å². The number of rotatable bonds is 0. The largest absolute Gasteiger partial charge is 0.312 e. The molecule has 0 aromatic heterocycles. The molecule has 4 nitrogen and oxygen atoms in total. The monoisotopic (exact) mass is 214 g/mol. The van der Waals surface area contributed by atoms with E-state index in [9.17, 15) is 8.42 Å². The second kappa shape index (κ2) is 4.41. The molecule has 6 heteroatoms. The summed E-state index contributed by atoms with van der Waals surface area (Å²) in [6.45, 7) is 3.12. The van der Waals surface area contributed by atoms with Gasteiger partial charge in [0.15, 0.2) is 0 Å². The first-order valence-electron chi connectivity index (χ1n) is 3.70. The standard InChI is InChI=1S/C6H14N2O2S.ClH/c1-6-5-8(2)11(9,10)4-3-7-6;/h6-7H,3-5H2,1-2H3;1H/t6-;/m1./s1. The van der Waals surface area contributed by atoms with Crippen LogP contribution in [0.15, 0.2) is 0 Å². The van der Waals surface area contributed by atoms with Gasteiger partial charge in [0.2, 0.25) is 10.0 Å². The van der Waals surface area contributed by atoms with Crippen LogP contribution >= 0.6 is 12.4 Å². The number of halogens is 1.